The SMILES string of the molecule is NC(=O)c1ccc(NC2CC2N)c(Br)c1. The van der Waals surface area contributed by atoms with Crippen LogP contribution in [-0.2, 0) is 0 Å². The van der Waals surface area contributed by atoms with Gasteiger partial charge in [-0.1, -0.05) is 0 Å². The lowest BCUT2D eigenvalue weighted by atomic mass is 10.2. The normalized spacial score (nSPS) is 23.6. The van der Waals surface area contributed by atoms with Gasteiger partial charge in [-0.05, 0) is 40.5 Å². The van der Waals surface area contributed by atoms with Crippen molar-refractivity contribution in [2.45, 2.75) is 18.5 Å². The Morgan fingerprint density at radius 3 is 2.67 bits per heavy atom. The molecule has 0 saturated heterocycles. The number of anilines is 1. The average molecular weight is 270 g/mol. The van der Waals surface area contributed by atoms with E-state index in [9.17, 15) is 4.79 Å². The molecule has 2 atom stereocenters. The fourth-order valence-corrected chi connectivity index (χ4v) is 1.86. The van der Waals surface area contributed by atoms with Crippen molar-refractivity contribution in [3.8, 4) is 0 Å². The van der Waals surface area contributed by atoms with Gasteiger partial charge >= 0.3 is 0 Å². The van der Waals surface area contributed by atoms with E-state index in [0.717, 1.165) is 16.6 Å². The molecular formula is C10H12BrN3O. The fourth-order valence-electron chi connectivity index (χ4n) is 1.37. The van der Waals surface area contributed by atoms with Crippen LogP contribution in [0.5, 0.6) is 0 Å². The third-order valence-electron chi connectivity index (χ3n) is 2.43. The van der Waals surface area contributed by atoms with Gasteiger partial charge in [0.15, 0.2) is 0 Å². The first-order valence-electron chi connectivity index (χ1n) is 4.69. The van der Waals surface area contributed by atoms with Crippen LogP contribution in [-0.4, -0.2) is 18.0 Å². The first-order chi connectivity index (χ1) is 7.08. The van der Waals surface area contributed by atoms with Crippen LogP contribution >= 0.6 is 15.9 Å². The number of amides is 1. The second-order valence-electron chi connectivity index (χ2n) is 3.71. The maximum atomic E-state index is 10.9. The molecule has 1 fully saturated rings. The van der Waals surface area contributed by atoms with Crippen molar-refractivity contribution in [1.29, 1.82) is 0 Å². The Morgan fingerprint density at radius 2 is 2.20 bits per heavy atom. The number of carbonyl (C=O) groups excluding carboxylic acids is 1. The number of hydrogen-bond acceptors (Lipinski definition) is 3. The first kappa shape index (κ1) is 10.4. The fraction of sp³-hybridized carbons (Fsp3) is 0.300. The molecule has 0 aliphatic heterocycles. The predicted molar refractivity (Wildman–Crippen MR) is 62.7 cm³/mol. The Bertz CT molecular complexity index is 408. The highest BCUT2D eigenvalue weighted by Crippen LogP contribution is 2.29. The Morgan fingerprint density at radius 1 is 1.53 bits per heavy atom. The molecule has 1 aromatic carbocycles. The van der Waals surface area contributed by atoms with Crippen molar-refractivity contribution < 1.29 is 4.79 Å². The summed E-state index contributed by atoms with van der Waals surface area (Å²) in [6, 6.07) is 5.82. The number of halogens is 1. The Labute approximate surface area is 96.1 Å². The number of nitrogens with two attached hydrogens (primary N) is 2. The number of carbonyl (C=O) groups is 1. The van der Waals surface area contributed by atoms with Crippen LogP contribution in [0.25, 0.3) is 0 Å². The third-order valence-corrected chi connectivity index (χ3v) is 3.09. The van der Waals surface area contributed by atoms with Crippen molar-refractivity contribution in [2.75, 3.05) is 5.32 Å². The minimum Gasteiger partial charge on any atom is -0.380 e. The maximum absolute atomic E-state index is 10.9. The molecule has 80 valence electrons. The lowest BCUT2D eigenvalue weighted by Gasteiger charge is -2.08. The first-order valence-corrected chi connectivity index (χ1v) is 5.48. The zero-order valence-electron chi connectivity index (χ0n) is 8.03. The highest BCUT2D eigenvalue weighted by atomic mass is 79.9. The van der Waals surface area contributed by atoms with Gasteiger partial charge in [-0.3, -0.25) is 4.79 Å². The quantitative estimate of drug-likeness (QED) is 0.768. The van der Waals surface area contributed by atoms with Crippen LogP contribution in [0, 0.1) is 0 Å². The van der Waals surface area contributed by atoms with E-state index in [1.165, 1.54) is 0 Å². The highest BCUT2D eigenvalue weighted by Gasteiger charge is 2.33. The van der Waals surface area contributed by atoms with Crippen LogP contribution in [0.15, 0.2) is 22.7 Å². The predicted octanol–water partition coefficient (Wildman–Crippen LogP) is 1.06. The number of primary amides is 1. The molecule has 0 heterocycles. The van der Waals surface area contributed by atoms with E-state index in [0.29, 0.717) is 11.6 Å². The molecule has 2 rings (SSSR count). The van der Waals surface area contributed by atoms with Gasteiger partial charge in [0.05, 0.1) is 0 Å². The monoisotopic (exact) mass is 269 g/mol. The summed E-state index contributed by atoms with van der Waals surface area (Å²) in [6.45, 7) is 0. The van der Waals surface area contributed by atoms with E-state index < -0.39 is 5.91 Å². The zero-order valence-corrected chi connectivity index (χ0v) is 9.62. The summed E-state index contributed by atoms with van der Waals surface area (Å²) in [4.78, 5) is 10.9. The van der Waals surface area contributed by atoms with Gasteiger partial charge in [0.2, 0.25) is 5.91 Å². The molecule has 4 nitrogen and oxygen atoms in total. The van der Waals surface area contributed by atoms with Gasteiger partial charge in [-0.15, -0.1) is 0 Å². The van der Waals surface area contributed by atoms with Gasteiger partial charge < -0.3 is 16.8 Å². The second-order valence-corrected chi connectivity index (χ2v) is 4.56. The van der Waals surface area contributed by atoms with Crippen molar-refractivity contribution in [3.63, 3.8) is 0 Å². The lowest BCUT2D eigenvalue weighted by molar-refractivity contribution is 0.100. The molecule has 5 N–H and O–H groups in total. The van der Waals surface area contributed by atoms with Gasteiger partial charge in [-0.2, -0.15) is 0 Å². The smallest absolute Gasteiger partial charge is 0.248 e. The van der Waals surface area contributed by atoms with Crippen molar-refractivity contribution in [3.05, 3.63) is 28.2 Å². The molecule has 1 amide bonds. The van der Waals surface area contributed by atoms with Crippen LogP contribution in [0.3, 0.4) is 0 Å². The molecule has 1 aromatic rings. The number of rotatable bonds is 3. The van der Waals surface area contributed by atoms with Crippen LogP contribution in [0.1, 0.15) is 16.8 Å². The number of nitrogens with one attached hydrogen (secondary N) is 1. The number of hydrogen-bond donors (Lipinski definition) is 3. The Kier molecular flexibility index (Phi) is 2.67. The van der Waals surface area contributed by atoms with E-state index in [2.05, 4.69) is 21.2 Å². The van der Waals surface area contributed by atoms with Crippen LogP contribution < -0.4 is 16.8 Å². The summed E-state index contributed by atoms with van der Waals surface area (Å²) in [7, 11) is 0. The Balaban J connectivity index is 2.15. The van der Waals surface area contributed by atoms with Gasteiger partial charge in [0, 0.05) is 27.8 Å². The summed E-state index contributed by atoms with van der Waals surface area (Å²) in [6.07, 6.45) is 0.990. The molecule has 15 heavy (non-hydrogen) atoms. The van der Waals surface area contributed by atoms with Crippen molar-refractivity contribution >= 4 is 27.5 Å². The Hall–Kier alpha value is -1.07. The van der Waals surface area contributed by atoms with E-state index >= 15 is 0 Å². The summed E-state index contributed by atoms with van der Waals surface area (Å²) in [5.41, 5.74) is 12.3. The van der Waals surface area contributed by atoms with E-state index in [4.69, 9.17) is 11.5 Å². The standard InChI is InChI=1S/C10H12BrN3O/c11-6-3-5(10(13)15)1-2-8(6)14-9-4-7(9)12/h1-3,7,9,14H,4,12H2,(H2,13,15). The van der Waals surface area contributed by atoms with Crippen LogP contribution in [0.2, 0.25) is 0 Å². The summed E-state index contributed by atoms with van der Waals surface area (Å²) < 4.78 is 0.831. The molecule has 5 heteroatoms. The molecule has 0 radical (unpaired) electrons. The van der Waals surface area contributed by atoms with Gasteiger partial charge in [0.1, 0.15) is 0 Å². The van der Waals surface area contributed by atoms with Crippen LogP contribution in [0.4, 0.5) is 5.69 Å². The molecule has 1 aliphatic rings. The van der Waals surface area contributed by atoms with Gasteiger partial charge in [0.25, 0.3) is 0 Å². The average Bonchev–Trinajstić information content (AvgIpc) is 2.85. The zero-order chi connectivity index (χ0) is 11.0. The van der Waals surface area contributed by atoms with Crippen molar-refractivity contribution in [2.24, 2.45) is 11.5 Å². The maximum Gasteiger partial charge on any atom is 0.248 e. The summed E-state index contributed by atoms with van der Waals surface area (Å²) in [5.74, 6) is -0.426. The minimum absolute atomic E-state index is 0.243. The molecule has 1 aliphatic carbocycles. The molecular weight excluding hydrogens is 258 g/mol. The van der Waals surface area contributed by atoms with Gasteiger partial charge in [-0.25, -0.2) is 0 Å². The molecule has 1 saturated carbocycles. The molecule has 0 spiro atoms. The van der Waals surface area contributed by atoms with Crippen molar-refractivity contribution in [1.82, 2.24) is 0 Å². The highest BCUT2D eigenvalue weighted by molar-refractivity contribution is 9.10. The molecule has 0 bridgehead atoms. The number of benzene rings is 1. The summed E-state index contributed by atoms with van der Waals surface area (Å²) in [5, 5.41) is 3.28. The topological polar surface area (TPSA) is 81.1 Å². The van der Waals surface area contributed by atoms with E-state index in [-0.39, 0.29) is 6.04 Å². The van der Waals surface area contributed by atoms with E-state index in [1.54, 1.807) is 12.1 Å². The summed E-state index contributed by atoms with van der Waals surface area (Å²) >= 11 is 3.38. The minimum atomic E-state index is -0.426. The van der Waals surface area contributed by atoms with E-state index in [1.807, 2.05) is 6.07 Å². The second kappa shape index (κ2) is 3.83. The molecule has 2 unspecified atom stereocenters. The lowest BCUT2D eigenvalue weighted by Crippen LogP contribution is -2.14. The largest absolute Gasteiger partial charge is 0.380 e. The molecule has 0 aromatic heterocycles. The third kappa shape index (κ3) is 2.30.